The maximum absolute atomic E-state index is 5.92. The number of methoxy groups -OCH3 is 1. The summed E-state index contributed by atoms with van der Waals surface area (Å²) in [5.74, 6) is 0.859. The van der Waals surface area contributed by atoms with Crippen molar-refractivity contribution in [2.45, 2.75) is 13.5 Å². The summed E-state index contributed by atoms with van der Waals surface area (Å²) in [6.45, 7) is 2.84. The number of nitrogens with zero attached hydrogens (tertiary/aromatic N) is 1. The van der Waals surface area contributed by atoms with Crippen LogP contribution in [-0.4, -0.2) is 11.7 Å². The molecule has 0 radical (unpaired) electrons. The summed E-state index contributed by atoms with van der Waals surface area (Å²) in [5.41, 5.74) is 10.1. The average molecular weight is 345 g/mol. The first-order valence-electron chi connectivity index (χ1n) is 6.77. The molecule has 3 aromatic rings. The minimum atomic E-state index is 0.728. The van der Waals surface area contributed by atoms with Crippen LogP contribution in [0, 0.1) is 6.92 Å². The molecule has 0 fully saturated rings. The lowest BCUT2D eigenvalue weighted by Crippen LogP contribution is -2.04. The number of anilines is 1. The van der Waals surface area contributed by atoms with Gasteiger partial charge in [-0.1, -0.05) is 18.2 Å². The van der Waals surface area contributed by atoms with Crippen molar-refractivity contribution in [2.24, 2.45) is 0 Å². The second-order valence-corrected chi connectivity index (χ2v) is 5.87. The van der Waals surface area contributed by atoms with Gasteiger partial charge in [-0.25, -0.2) is 0 Å². The van der Waals surface area contributed by atoms with E-state index in [2.05, 4.69) is 51.7 Å². The van der Waals surface area contributed by atoms with E-state index in [-0.39, 0.29) is 0 Å². The summed E-state index contributed by atoms with van der Waals surface area (Å²) in [5, 5.41) is 1.22. The van der Waals surface area contributed by atoms with Crippen molar-refractivity contribution < 1.29 is 4.74 Å². The standard InChI is InChI=1S/C17H17BrN2O/c1-11-17(18)14-5-3-4-6-15(14)20(11)10-12-9-13(19)7-8-16(12)21-2/h3-9H,10,19H2,1-2H3. The van der Waals surface area contributed by atoms with E-state index in [1.54, 1.807) is 7.11 Å². The van der Waals surface area contributed by atoms with Crippen molar-refractivity contribution in [3.63, 3.8) is 0 Å². The lowest BCUT2D eigenvalue weighted by Gasteiger charge is -2.13. The Balaban J connectivity index is 2.15. The maximum atomic E-state index is 5.92. The zero-order valence-corrected chi connectivity index (χ0v) is 13.6. The molecule has 0 unspecified atom stereocenters. The van der Waals surface area contributed by atoms with E-state index >= 15 is 0 Å². The molecule has 1 heterocycles. The summed E-state index contributed by atoms with van der Waals surface area (Å²) in [7, 11) is 1.69. The zero-order chi connectivity index (χ0) is 15.0. The van der Waals surface area contributed by atoms with Gasteiger partial charge in [-0.05, 0) is 47.1 Å². The number of hydrogen-bond acceptors (Lipinski definition) is 2. The Hall–Kier alpha value is -1.94. The van der Waals surface area contributed by atoms with Gasteiger partial charge in [-0.3, -0.25) is 0 Å². The van der Waals surface area contributed by atoms with E-state index in [1.165, 1.54) is 16.6 Å². The van der Waals surface area contributed by atoms with Gasteiger partial charge in [0.2, 0.25) is 0 Å². The van der Waals surface area contributed by atoms with Gasteiger partial charge in [0.05, 0.1) is 13.7 Å². The summed E-state index contributed by atoms with van der Waals surface area (Å²) in [6.07, 6.45) is 0. The number of para-hydroxylation sites is 1. The summed E-state index contributed by atoms with van der Waals surface area (Å²) in [6, 6.07) is 14.1. The van der Waals surface area contributed by atoms with Crippen LogP contribution < -0.4 is 10.5 Å². The highest BCUT2D eigenvalue weighted by molar-refractivity contribution is 9.10. The van der Waals surface area contributed by atoms with Crippen LogP contribution in [-0.2, 0) is 6.54 Å². The van der Waals surface area contributed by atoms with Crippen molar-refractivity contribution in [1.29, 1.82) is 0 Å². The number of hydrogen-bond donors (Lipinski definition) is 1. The van der Waals surface area contributed by atoms with Crippen LogP contribution in [0.2, 0.25) is 0 Å². The Bertz CT molecular complexity index is 808. The molecule has 3 rings (SSSR count). The van der Waals surface area contributed by atoms with Gasteiger partial charge in [0.25, 0.3) is 0 Å². The van der Waals surface area contributed by atoms with Crippen molar-refractivity contribution in [1.82, 2.24) is 4.57 Å². The summed E-state index contributed by atoms with van der Waals surface area (Å²) in [4.78, 5) is 0. The Morgan fingerprint density at radius 1 is 1.19 bits per heavy atom. The molecule has 0 bridgehead atoms. The molecule has 0 amide bonds. The Labute approximate surface area is 132 Å². The van der Waals surface area contributed by atoms with Crippen molar-refractivity contribution in [2.75, 3.05) is 12.8 Å². The fraction of sp³-hybridized carbons (Fsp3) is 0.176. The van der Waals surface area contributed by atoms with Crippen LogP contribution in [0.3, 0.4) is 0 Å². The monoisotopic (exact) mass is 344 g/mol. The molecular weight excluding hydrogens is 328 g/mol. The molecule has 4 heteroatoms. The van der Waals surface area contributed by atoms with Crippen molar-refractivity contribution in [3.8, 4) is 5.75 Å². The quantitative estimate of drug-likeness (QED) is 0.717. The number of benzene rings is 2. The fourth-order valence-electron chi connectivity index (χ4n) is 2.68. The van der Waals surface area contributed by atoms with Gasteiger partial charge >= 0.3 is 0 Å². The molecule has 0 atom stereocenters. The van der Waals surface area contributed by atoms with Crippen LogP contribution >= 0.6 is 15.9 Å². The molecule has 21 heavy (non-hydrogen) atoms. The highest BCUT2D eigenvalue weighted by Gasteiger charge is 2.13. The van der Waals surface area contributed by atoms with Gasteiger partial charge in [-0.2, -0.15) is 0 Å². The predicted octanol–water partition coefficient (Wildman–Crippen LogP) is 4.35. The molecule has 108 valence electrons. The Kier molecular flexibility index (Phi) is 3.64. The number of halogens is 1. The summed E-state index contributed by atoms with van der Waals surface area (Å²) >= 11 is 3.69. The largest absolute Gasteiger partial charge is 0.496 e. The lowest BCUT2D eigenvalue weighted by atomic mass is 10.1. The van der Waals surface area contributed by atoms with E-state index < -0.39 is 0 Å². The molecule has 0 spiro atoms. The third kappa shape index (κ3) is 2.40. The normalized spacial score (nSPS) is 11.0. The maximum Gasteiger partial charge on any atom is 0.124 e. The van der Waals surface area contributed by atoms with Crippen LogP contribution in [0.5, 0.6) is 5.75 Å². The minimum absolute atomic E-state index is 0.728. The molecule has 0 aliphatic heterocycles. The number of nitrogen functional groups attached to an aromatic ring is 1. The predicted molar refractivity (Wildman–Crippen MR) is 90.9 cm³/mol. The number of aromatic nitrogens is 1. The number of nitrogens with two attached hydrogens (primary N) is 1. The van der Waals surface area contributed by atoms with Crippen LogP contribution in [0.4, 0.5) is 5.69 Å². The number of rotatable bonds is 3. The summed E-state index contributed by atoms with van der Waals surface area (Å²) < 4.78 is 8.86. The van der Waals surface area contributed by atoms with Gasteiger partial charge in [-0.15, -0.1) is 0 Å². The molecule has 0 saturated heterocycles. The molecule has 0 aliphatic carbocycles. The van der Waals surface area contributed by atoms with Gasteiger partial charge < -0.3 is 15.0 Å². The zero-order valence-electron chi connectivity index (χ0n) is 12.1. The van der Waals surface area contributed by atoms with E-state index in [0.717, 1.165) is 28.0 Å². The van der Waals surface area contributed by atoms with Crippen molar-refractivity contribution >= 4 is 32.5 Å². The highest BCUT2D eigenvalue weighted by atomic mass is 79.9. The van der Waals surface area contributed by atoms with E-state index in [9.17, 15) is 0 Å². The second-order valence-electron chi connectivity index (χ2n) is 5.07. The second kappa shape index (κ2) is 5.45. The Morgan fingerprint density at radius 3 is 2.71 bits per heavy atom. The first-order chi connectivity index (χ1) is 10.1. The van der Waals surface area contributed by atoms with E-state index in [1.807, 2.05) is 18.2 Å². The molecule has 1 aromatic heterocycles. The fourth-order valence-corrected chi connectivity index (χ4v) is 3.23. The van der Waals surface area contributed by atoms with Crippen LogP contribution in [0.1, 0.15) is 11.3 Å². The van der Waals surface area contributed by atoms with Crippen LogP contribution in [0.15, 0.2) is 46.9 Å². The molecule has 2 aromatic carbocycles. The topological polar surface area (TPSA) is 40.2 Å². The first-order valence-corrected chi connectivity index (χ1v) is 7.57. The molecule has 0 aliphatic rings. The molecule has 2 N–H and O–H groups in total. The smallest absolute Gasteiger partial charge is 0.124 e. The minimum Gasteiger partial charge on any atom is -0.496 e. The van der Waals surface area contributed by atoms with Gasteiger partial charge in [0.15, 0.2) is 0 Å². The van der Waals surface area contributed by atoms with Gasteiger partial charge in [0, 0.05) is 32.3 Å². The van der Waals surface area contributed by atoms with Gasteiger partial charge in [0.1, 0.15) is 5.75 Å². The molecule has 3 nitrogen and oxygen atoms in total. The third-order valence-electron chi connectivity index (χ3n) is 3.79. The molecular formula is C17H17BrN2O. The number of fused-ring (bicyclic) bond motifs is 1. The third-order valence-corrected chi connectivity index (χ3v) is 4.79. The Morgan fingerprint density at radius 2 is 1.95 bits per heavy atom. The van der Waals surface area contributed by atoms with Crippen molar-refractivity contribution in [3.05, 3.63) is 58.2 Å². The number of ether oxygens (including phenoxy) is 1. The van der Waals surface area contributed by atoms with E-state index in [4.69, 9.17) is 10.5 Å². The average Bonchev–Trinajstić information content (AvgIpc) is 2.73. The lowest BCUT2D eigenvalue weighted by molar-refractivity contribution is 0.408. The van der Waals surface area contributed by atoms with Crippen LogP contribution in [0.25, 0.3) is 10.9 Å². The molecule has 0 saturated carbocycles. The highest BCUT2D eigenvalue weighted by Crippen LogP contribution is 2.32. The SMILES string of the molecule is COc1ccc(N)cc1Cn1c(C)c(Br)c2ccccc21. The van der Waals surface area contributed by atoms with E-state index in [0.29, 0.717) is 0 Å². The first kappa shape index (κ1) is 14.0.